The van der Waals surface area contributed by atoms with Gasteiger partial charge in [0.1, 0.15) is 17.5 Å². The lowest BCUT2D eigenvalue weighted by molar-refractivity contribution is 0.0680. The molecule has 1 saturated heterocycles. The topological polar surface area (TPSA) is 137 Å². The Bertz CT molecular complexity index is 900. The molecule has 160 valence electrons. The van der Waals surface area contributed by atoms with E-state index in [0.717, 1.165) is 0 Å². The van der Waals surface area contributed by atoms with Crippen molar-refractivity contribution in [3.63, 3.8) is 0 Å². The lowest BCUT2D eigenvalue weighted by Gasteiger charge is -2.29. The van der Waals surface area contributed by atoms with Gasteiger partial charge in [-0.25, -0.2) is 14.2 Å². The summed E-state index contributed by atoms with van der Waals surface area (Å²) in [5.41, 5.74) is 7.41. The van der Waals surface area contributed by atoms with E-state index in [2.05, 4.69) is 15.6 Å². The predicted molar refractivity (Wildman–Crippen MR) is 111 cm³/mol. The second-order valence-electron chi connectivity index (χ2n) is 6.97. The highest BCUT2D eigenvalue weighted by molar-refractivity contribution is 6.01. The lowest BCUT2D eigenvalue weighted by atomic mass is 10.0. The maximum Gasteiger partial charge on any atom is 0.320 e. The standard InChI is InChI=1S/C20H25FN6O3/c1-12(28)18(13-2-4-14(21)5-3-13)26-20(29)25-17-10-16(22)15(11-24-17)19(23)27-6-8-30-9-7-27/h2-5,10-12,18,23,28H,6-9H2,1H3,(H4,22,24,25,26,29)/t12-,18+/m0/s1. The Morgan fingerprint density at radius 1 is 1.33 bits per heavy atom. The largest absolute Gasteiger partial charge is 0.398 e. The number of pyridine rings is 1. The van der Waals surface area contributed by atoms with Crippen LogP contribution in [0.1, 0.15) is 24.1 Å². The molecular formula is C20H25FN6O3. The van der Waals surface area contributed by atoms with Crippen LogP contribution in [0.25, 0.3) is 0 Å². The van der Waals surface area contributed by atoms with Crippen molar-refractivity contribution in [3.8, 4) is 0 Å². The summed E-state index contributed by atoms with van der Waals surface area (Å²) in [5, 5.41) is 23.5. The first kappa shape index (κ1) is 21.5. The molecule has 0 saturated carbocycles. The predicted octanol–water partition coefficient (Wildman–Crippen LogP) is 1.70. The Labute approximate surface area is 173 Å². The summed E-state index contributed by atoms with van der Waals surface area (Å²) in [5.74, 6) is 0.0479. The zero-order valence-corrected chi connectivity index (χ0v) is 16.6. The van der Waals surface area contributed by atoms with Gasteiger partial charge in [0.2, 0.25) is 0 Å². The molecule has 0 unspecified atom stereocenters. The zero-order valence-electron chi connectivity index (χ0n) is 16.6. The summed E-state index contributed by atoms with van der Waals surface area (Å²) in [6.45, 7) is 3.83. The molecule has 3 rings (SSSR count). The maximum atomic E-state index is 13.1. The molecule has 1 aromatic carbocycles. The van der Waals surface area contributed by atoms with Gasteiger partial charge in [-0.05, 0) is 24.6 Å². The van der Waals surface area contributed by atoms with Crippen LogP contribution in [-0.2, 0) is 4.74 Å². The zero-order chi connectivity index (χ0) is 21.7. The highest BCUT2D eigenvalue weighted by Crippen LogP contribution is 2.20. The van der Waals surface area contributed by atoms with Crippen molar-refractivity contribution in [2.45, 2.75) is 19.1 Å². The van der Waals surface area contributed by atoms with Crippen molar-refractivity contribution in [1.29, 1.82) is 5.41 Å². The van der Waals surface area contributed by atoms with Crippen LogP contribution in [0.3, 0.4) is 0 Å². The number of aliphatic hydroxyl groups is 1. The van der Waals surface area contributed by atoms with E-state index in [1.807, 2.05) is 4.90 Å². The molecule has 10 heteroatoms. The number of aromatic nitrogens is 1. The Morgan fingerprint density at radius 3 is 2.60 bits per heavy atom. The van der Waals surface area contributed by atoms with E-state index < -0.39 is 24.0 Å². The van der Waals surface area contributed by atoms with Gasteiger partial charge in [0.15, 0.2) is 0 Å². The molecule has 0 radical (unpaired) electrons. The third-order valence-corrected chi connectivity index (χ3v) is 4.76. The smallest absolute Gasteiger partial charge is 0.320 e. The number of benzene rings is 1. The number of halogens is 1. The van der Waals surface area contributed by atoms with Gasteiger partial charge in [0, 0.05) is 31.0 Å². The van der Waals surface area contributed by atoms with E-state index >= 15 is 0 Å². The van der Waals surface area contributed by atoms with Crippen LogP contribution in [0, 0.1) is 11.2 Å². The first-order chi connectivity index (χ1) is 14.3. The molecule has 2 atom stereocenters. The molecule has 2 aromatic rings. The van der Waals surface area contributed by atoms with Gasteiger partial charge in [-0.2, -0.15) is 0 Å². The summed E-state index contributed by atoms with van der Waals surface area (Å²) in [7, 11) is 0. The van der Waals surface area contributed by atoms with Crippen LogP contribution < -0.4 is 16.4 Å². The molecule has 0 aliphatic carbocycles. The molecule has 9 nitrogen and oxygen atoms in total. The van der Waals surface area contributed by atoms with Gasteiger partial charge in [-0.3, -0.25) is 10.7 Å². The van der Waals surface area contributed by atoms with Crippen LogP contribution in [0.15, 0.2) is 36.5 Å². The average molecular weight is 416 g/mol. The molecule has 6 N–H and O–H groups in total. The number of hydrogen-bond acceptors (Lipinski definition) is 6. The average Bonchev–Trinajstić information content (AvgIpc) is 2.73. The first-order valence-corrected chi connectivity index (χ1v) is 9.53. The van der Waals surface area contributed by atoms with E-state index in [-0.39, 0.29) is 11.7 Å². The molecule has 2 amide bonds. The molecule has 0 bridgehead atoms. The number of amides is 2. The second-order valence-corrected chi connectivity index (χ2v) is 6.97. The highest BCUT2D eigenvalue weighted by atomic mass is 19.1. The van der Waals surface area contributed by atoms with Crippen molar-refractivity contribution in [1.82, 2.24) is 15.2 Å². The van der Waals surface area contributed by atoms with E-state index in [4.69, 9.17) is 15.9 Å². The quantitative estimate of drug-likeness (QED) is 0.372. The number of amidine groups is 1. The normalized spacial score (nSPS) is 15.9. The summed E-state index contributed by atoms with van der Waals surface area (Å²) >= 11 is 0. The number of nitrogens with zero attached hydrogens (tertiary/aromatic N) is 2. The van der Waals surface area contributed by atoms with Crippen LogP contribution in [0.5, 0.6) is 0 Å². The molecule has 0 spiro atoms. The summed E-state index contributed by atoms with van der Waals surface area (Å²) in [6.07, 6.45) is 0.533. The van der Waals surface area contributed by atoms with Crippen LogP contribution >= 0.6 is 0 Å². The fourth-order valence-electron chi connectivity index (χ4n) is 3.14. The monoisotopic (exact) mass is 416 g/mol. The van der Waals surface area contributed by atoms with Crippen molar-refractivity contribution in [2.75, 3.05) is 37.4 Å². The number of ether oxygens (including phenoxy) is 1. The number of nitrogens with one attached hydrogen (secondary N) is 3. The Balaban J connectivity index is 1.66. The third kappa shape index (κ3) is 5.22. The number of rotatable bonds is 5. The Kier molecular flexibility index (Phi) is 6.80. The van der Waals surface area contributed by atoms with Gasteiger partial charge >= 0.3 is 6.03 Å². The second kappa shape index (κ2) is 9.51. The third-order valence-electron chi connectivity index (χ3n) is 4.76. The molecule has 1 aliphatic rings. The minimum absolute atomic E-state index is 0.201. The fourth-order valence-corrected chi connectivity index (χ4v) is 3.14. The van der Waals surface area contributed by atoms with Crippen LogP contribution in [-0.4, -0.2) is 59.3 Å². The van der Waals surface area contributed by atoms with Gasteiger partial charge in [-0.15, -0.1) is 0 Å². The van der Waals surface area contributed by atoms with Gasteiger partial charge in [0.05, 0.1) is 30.9 Å². The van der Waals surface area contributed by atoms with E-state index in [1.165, 1.54) is 43.5 Å². The van der Waals surface area contributed by atoms with E-state index in [1.54, 1.807) is 0 Å². The summed E-state index contributed by atoms with van der Waals surface area (Å²) in [4.78, 5) is 18.4. The number of nitrogen functional groups attached to an aromatic ring is 1. The van der Waals surface area contributed by atoms with Crippen LogP contribution in [0.2, 0.25) is 0 Å². The first-order valence-electron chi connectivity index (χ1n) is 9.53. The maximum absolute atomic E-state index is 13.1. The number of aliphatic hydroxyl groups excluding tert-OH is 1. The van der Waals surface area contributed by atoms with E-state index in [0.29, 0.717) is 43.1 Å². The summed E-state index contributed by atoms with van der Waals surface area (Å²) < 4.78 is 18.4. The van der Waals surface area contributed by atoms with Crippen molar-refractivity contribution in [2.24, 2.45) is 0 Å². The van der Waals surface area contributed by atoms with Crippen molar-refractivity contribution < 1.29 is 19.0 Å². The van der Waals surface area contributed by atoms with Gasteiger partial charge < -0.3 is 25.8 Å². The SMILES string of the molecule is C[C@H](O)[C@@H](NC(=O)Nc1cc(N)c(C(=N)N2CCOCC2)cn1)c1ccc(F)cc1. The summed E-state index contributed by atoms with van der Waals surface area (Å²) in [6, 6.07) is 5.64. The molecule has 30 heavy (non-hydrogen) atoms. The number of morpholine rings is 1. The minimum atomic E-state index is -0.907. The van der Waals surface area contributed by atoms with Gasteiger partial charge in [0.25, 0.3) is 0 Å². The number of nitrogens with two attached hydrogens (primary N) is 1. The van der Waals surface area contributed by atoms with E-state index in [9.17, 15) is 14.3 Å². The Hall–Kier alpha value is -3.24. The van der Waals surface area contributed by atoms with Crippen molar-refractivity contribution >= 4 is 23.4 Å². The number of carbonyl (C=O) groups excluding carboxylic acids is 1. The molecular weight excluding hydrogens is 391 g/mol. The molecule has 1 aliphatic heterocycles. The number of urea groups is 1. The number of hydrogen-bond donors (Lipinski definition) is 5. The number of anilines is 2. The Morgan fingerprint density at radius 2 is 2.00 bits per heavy atom. The van der Waals surface area contributed by atoms with Gasteiger partial charge in [-0.1, -0.05) is 12.1 Å². The molecule has 1 aromatic heterocycles. The fraction of sp³-hybridized carbons (Fsp3) is 0.350. The number of carbonyl (C=O) groups is 1. The van der Waals surface area contributed by atoms with Crippen LogP contribution in [0.4, 0.5) is 20.7 Å². The highest BCUT2D eigenvalue weighted by Gasteiger charge is 2.21. The van der Waals surface area contributed by atoms with Crippen molar-refractivity contribution in [3.05, 3.63) is 53.5 Å². The lowest BCUT2D eigenvalue weighted by Crippen LogP contribution is -2.41. The minimum Gasteiger partial charge on any atom is -0.398 e. The molecule has 2 heterocycles. The molecule has 1 fully saturated rings.